The minimum Gasteiger partial charge on any atom is -0.455 e. The highest BCUT2D eigenvalue weighted by molar-refractivity contribution is 7.91. The lowest BCUT2D eigenvalue weighted by Crippen LogP contribution is -2.53. The average Bonchev–Trinajstić information content (AvgIpc) is 3.32. The van der Waals surface area contributed by atoms with Crippen LogP contribution in [0.4, 0.5) is 32.0 Å². The van der Waals surface area contributed by atoms with E-state index < -0.39 is 52.2 Å². The third-order valence-electron chi connectivity index (χ3n) is 5.35. The van der Waals surface area contributed by atoms with Gasteiger partial charge >= 0.3 is 18.3 Å². The highest BCUT2D eigenvalue weighted by Crippen LogP contribution is 2.40. The fourth-order valence-electron chi connectivity index (χ4n) is 3.48. The number of aliphatic hydroxyl groups is 1. The fourth-order valence-corrected chi connectivity index (χ4v) is 5.96. The van der Waals surface area contributed by atoms with Crippen LogP contribution in [0, 0.1) is 0 Å². The molecule has 1 unspecified atom stereocenters. The summed E-state index contributed by atoms with van der Waals surface area (Å²) in [6.07, 6.45) is -9.61. The molecule has 0 radical (unpaired) electrons. The summed E-state index contributed by atoms with van der Waals surface area (Å²) >= 11 is 0.971. The molecule has 194 valence electrons. The third kappa shape index (κ3) is 5.54. The van der Waals surface area contributed by atoms with Crippen molar-refractivity contribution in [2.75, 3.05) is 31.1 Å². The quantitative estimate of drug-likeness (QED) is 0.439. The smallest absolute Gasteiger partial charge is 0.455 e. The van der Waals surface area contributed by atoms with Crippen molar-refractivity contribution in [3.63, 3.8) is 0 Å². The van der Waals surface area contributed by atoms with Crippen LogP contribution in [0.15, 0.2) is 40.2 Å². The number of sulfonamides is 1. The summed E-state index contributed by atoms with van der Waals surface area (Å²) in [4.78, 5) is 16.4. The van der Waals surface area contributed by atoms with Gasteiger partial charge in [0.05, 0.1) is 0 Å². The summed E-state index contributed by atoms with van der Waals surface area (Å²) in [6, 6.07) is 3.74. The molecule has 1 saturated heterocycles. The van der Waals surface area contributed by atoms with Gasteiger partial charge in [0.25, 0.3) is 10.0 Å². The largest absolute Gasteiger partial charge is 0.490 e. The minimum atomic E-state index is -5.53. The van der Waals surface area contributed by atoms with Gasteiger partial charge in [-0.2, -0.15) is 30.6 Å². The van der Waals surface area contributed by atoms with E-state index in [9.17, 15) is 44.7 Å². The van der Waals surface area contributed by atoms with Gasteiger partial charge in [-0.25, -0.2) is 18.2 Å². The Morgan fingerprint density at radius 1 is 1.17 bits per heavy atom. The Balaban J connectivity index is 1.76. The fraction of sp³-hybridized carbons (Fsp3) is 0.474. The Morgan fingerprint density at radius 3 is 2.29 bits per heavy atom. The number of carbonyl (C=O) groups is 1. The molecule has 0 aliphatic carbocycles. The number of rotatable bonds is 6. The zero-order chi connectivity index (χ0) is 26.2. The molecule has 1 N–H and O–H groups in total. The first-order valence-corrected chi connectivity index (χ1v) is 12.2. The van der Waals surface area contributed by atoms with E-state index in [0.717, 1.165) is 23.5 Å². The number of hydrogen-bond acceptors (Lipinski definition) is 8. The summed E-state index contributed by atoms with van der Waals surface area (Å²) < 4.78 is 108. The minimum absolute atomic E-state index is 0.0554. The second-order valence-corrected chi connectivity index (χ2v) is 10.7. The van der Waals surface area contributed by atoms with Crippen molar-refractivity contribution in [3.05, 3.63) is 41.4 Å². The van der Waals surface area contributed by atoms with Crippen LogP contribution in [0.25, 0.3) is 0 Å². The van der Waals surface area contributed by atoms with Crippen LogP contribution in [0.3, 0.4) is 0 Å². The number of nitrogens with zero attached hydrogens (tertiary/aromatic N) is 3. The number of esters is 1. The molecule has 1 aliphatic rings. The normalized spacial score (nSPS) is 19.9. The maximum Gasteiger partial charge on any atom is 0.490 e. The van der Waals surface area contributed by atoms with Crippen LogP contribution in [0.2, 0.25) is 0 Å². The Hall–Kier alpha value is -2.43. The van der Waals surface area contributed by atoms with E-state index in [-0.39, 0.29) is 24.0 Å². The van der Waals surface area contributed by atoms with Crippen molar-refractivity contribution >= 4 is 33.0 Å². The molecule has 0 saturated carbocycles. The molecule has 1 aromatic heterocycles. The number of halogens is 6. The number of thiazole rings is 1. The maximum absolute atomic E-state index is 13.5. The Kier molecular flexibility index (Phi) is 7.41. The molecule has 2 atom stereocenters. The summed E-state index contributed by atoms with van der Waals surface area (Å²) in [5.74, 6) is -2.86. The van der Waals surface area contributed by atoms with Gasteiger partial charge in [-0.3, -0.25) is 0 Å². The van der Waals surface area contributed by atoms with Crippen LogP contribution in [0.5, 0.6) is 0 Å². The van der Waals surface area contributed by atoms with Gasteiger partial charge in [0.2, 0.25) is 9.94 Å². The molecule has 35 heavy (non-hydrogen) atoms. The second kappa shape index (κ2) is 9.55. The van der Waals surface area contributed by atoms with Gasteiger partial charge in [-0.15, -0.1) is 11.3 Å². The Morgan fingerprint density at radius 2 is 1.80 bits per heavy atom. The van der Waals surface area contributed by atoms with E-state index in [4.69, 9.17) is 0 Å². The average molecular weight is 547 g/mol. The number of alkyl halides is 6. The summed E-state index contributed by atoms with van der Waals surface area (Å²) in [6.45, 7) is 0.0628. The van der Waals surface area contributed by atoms with E-state index in [1.165, 1.54) is 28.0 Å². The van der Waals surface area contributed by atoms with Crippen LogP contribution < -0.4 is 4.90 Å². The number of hydrogen-bond donors (Lipinski definition) is 1. The van der Waals surface area contributed by atoms with Crippen LogP contribution in [-0.2, 0) is 25.2 Å². The van der Waals surface area contributed by atoms with Crippen LogP contribution >= 0.6 is 11.3 Å². The summed E-state index contributed by atoms with van der Waals surface area (Å²) in [7, 11) is -3.79. The summed E-state index contributed by atoms with van der Waals surface area (Å²) in [5, 5.41) is 11.7. The van der Waals surface area contributed by atoms with E-state index in [0.29, 0.717) is 5.69 Å². The lowest BCUT2D eigenvalue weighted by molar-refractivity contribution is -0.283. The molecular weight excluding hydrogens is 528 g/mol. The predicted octanol–water partition coefficient (Wildman–Crippen LogP) is 2.90. The van der Waals surface area contributed by atoms with Gasteiger partial charge < -0.3 is 14.7 Å². The van der Waals surface area contributed by atoms with E-state index >= 15 is 0 Å². The monoisotopic (exact) mass is 547 g/mol. The number of anilines is 1. The molecule has 3 rings (SSSR count). The lowest BCUT2D eigenvalue weighted by Gasteiger charge is -2.40. The molecule has 16 heteroatoms. The first-order valence-electron chi connectivity index (χ1n) is 9.87. The molecule has 0 bridgehead atoms. The first kappa shape index (κ1) is 27.2. The molecule has 8 nitrogen and oxygen atoms in total. The zero-order valence-electron chi connectivity index (χ0n) is 17.9. The third-order valence-corrected chi connectivity index (χ3v) is 8.39. The predicted molar refractivity (Wildman–Crippen MR) is 111 cm³/mol. The number of aromatic nitrogens is 1. The van der Waals surface area contributed by atoms with E-state index in [2.05, 4.69) is 9.72 Å². The Labute approximate surface area is 199 Å². The molecule has 2 heterocycles. The van der Waals surface area contributed by atoms with Gasteiger partial charge in [-0.1, -0.05) is 12.1 Å². The number of carbonyl (C=O) groups excluding carboxylic acids is 1. The topological polar surface area (TPSA) is 100 Å². The zero-order valence-corrected chi connectivity index (χ0v) is 19.5. The maximum atomic E-state index is 13.5. The van der Waals surface area contributed by atoms with Crippen molar-refractivity contribution in [3.8, 4) is 0 Å². The first-order chi connectivity index (χ1) is 16.1. The number of benzene rings is 1. The highest BCUT2D eigenvalue weighted by Gasteiger charge is 2.57. The molecule has 0 amide bonds. The molecule has 1 aliphatic heterocycles. The van der Waals surface area contributed by atoms with Crippen molar-refractivity contribution in [2.45, 2.75) is 35.3 Å². The van der Waals surface area contributed by atoms with Crippen LogP contribution in [-0.4, -0.2) is 73.4 Å². The van der Waals surface area contributed by atoms with Gasteiger partial charge in [0.15, 0.2) is 0 Å². The lowest BCUT2D eigenvalue weighted by atomic mass is 9.93. The highest BCUT2D eigenvalue weighted by atomic mass is 32.2. The Bertz CT molecular complexity index is 1140. The van der Waals surface area contributed by atoms with Gasteiger partial charge in [0.1, 0.15) is 6.61 Å². The van der Waals surface area contributed by atoms with E-state index in [1.54, 1.807) is 11.8 Å². The molecule has 1 aromatic carbocycles. The summed E-state index contributed by atoms with van der Waals surface area (Å²) in [5.41, 5.74) is -4.32. The second-order valence-electron chi connectivity index (χ2n) is 7.68. The number of piperazine rings is 1. The standard InChI is InChI=1S/C19H19F6N3O5S2/c1-12-10-27(35(31,32)16-26-6-9-34-16)7-8-28(12)14-4-2-13(3-5-14)17(30,19(23,24)25)11-33-15(29)18(20,21)22/h2-6,9,12,30H,7-8,10-11H2,1H3/t12-,17?/m0/s1. The van der Waals surface area contributed by atoms with Crippen molar-refractivity contribution < 1.29 is 49.4 Å². The van der Waals surface area contributed by atoms with Gasteiger partial charge in [-0.05, 0) is 24.6 Å². The molecule has 0 spiro atoms. The molecular formula is C19H19F6N3O5S2. The van der Waals surface area contributed by atoms with E-state index in [1.807, 2.05) is 0 Å². The SMILES string of the molecule is C[C@H]1CN(S(=O)(=O)c2nccs2)CCN1c1ccc(C(O)(COC(=O)C(F)(F)F)C(F)(F)F)cc1. The van der Waals surface area contributed by atoms with Crippen LogP contribution in [0.1, 0.15) is 12.5 Å². The molecule has 1 fully saturated rings. The van der Waals surface area contributed by atoms with Crippen molar-refractivity contribution in [1.29, 1.82) is 0 Å². The van der Waals surface area contributed by atoms with Crippen molar-refractivity contribution in [1.82, 2.24) is 9.29 Å². The molecule has 2 aromatic rings. The van der Waals surface area contributed by atoms with Gasteiger partial charge in [0, 0.05) is 42.9 Å². The van der Waals surface area contributed by atoms with Crippen molar-refractivity contribution in [2.24, 2.45) is 0 Å². The number of ether oxygens (including phenoxy) is 1.